The minimum atomic E-state index is 0.427. The Morgan fingerprint density at radius 3 is 2.37 bits per heavy atom. The monoisotopic (exact) mass is 373 g/mol. The summed E-state index contributed by atoms with van der Waals surface area (Å²) in [6.07, 6.45) is 2.05. The molecule has 1 aromatic heterocycles. The van der Waals surface area contributed by atoms with Crippen molar-refractivity contribution < 1.29 is 23.8 Å². The maximum absolute atomic E-state index is 9.56. The summed E-state index contributed by atoms with van der Waals surface area (Å²) in [5, 5.41) is 13.4. The number of nitrogens with one attached hydrogen (secondary N) is 1. The van der Waals surface area contributed by atoms with E-state index in [1.807, 2.05) is 6.07 Å². The number of aromatic amines is 1. The molecule has 144 valence electrons. The third-order valence-electron chi connectivity index (χ3n) is 4.06. The Balaban J connectivity index is 2.81. The van der Waals surface area contributed by atoms with Crippen LogP contribution in [0.25, 0.3) is 11.1 Å². The average molecular weight is 373 g/mol. The number of hydrogen-bond acceptors (Lipinski definition) is 7. The first-order valence-corrected chi connectivity index (χ1v) is 8.16. The van der Waals surface area contributed by atoms with Gasteiger partial charge in [0.15, 0.2) is 11.5 Å². The van der Waals surface area contributed by atoms with Crippen LogP contribution >= 0.6 is 0 Å². The fourth-order valence-electron chi connectivity index (χ4n) is 2.92. The van der Waals surface area contributed by atoms with Crippen LogP contribution in [0.5, 0.6) is 17.2 Å². The number of rotatable bonds is 9. The Kier molecular flexibility index (Phi) is 7.08. The van der Waals surface area contributed by atoms with Gasteiger partial charge in [-0.05, 0) is 24.1 Å². The normalized spacial score (nSPS) is 10.7. The summed E-state index contributed by atoms with van der Waals surface area (Å²) in [5.41, 5.74) is 3.34. The van der Waals surface area contributed by atoms with Gasteiger partial charge in [0.05, 0.1) is 39.8 Å². The Bertz CT molecular complexity index is 852. The predicted octanol–water partition coefficient (Wildman–Crippen LogP) is 2.75. The summed E-state index contributed by atoms with van der Waals surface area (Å²) in [5.74, 6) is 1.50. The maximum Gasteiger partial charge on any atom is 0.203 e. The number of nitrogens with zero attached hydrogens (tertiary/aromatic N) is 2. The second-order valence-electron chi connectivity index (χ2n) is 5.42. The minimum absolute atomic E-state index is 0.427. The number of H-pyrrole nitrogens is 1. The summed E-state index contributed by atoms with van der Waals surface area (Å²) < 4.78 is 21.7. The van der Waals surface area contributed by atoms with Crippen LogP contribution in [0.2, 0.25) is 0 Å². The molecule has 8 heteroatoms. The SMILES string of the molecule is COCCc1c(C#N)[nH]c(/C=N/OC)c1-c1ccc(OC)c(OC)c1OC. The third-order valence-corrected chi connectivity index (χ3v) is 4.06. The molecular formula is C19H23N3O5. The lowest BCUT2D eigenvalue weighted by molar-refractivity contribution is 0.202. The molecule has 0 amide bonds. The van der Waals surface area contributed by atoms with Crippen LogP contribution < -0.4 is 14.2 Å². The first kappa shape index (κ1) is 20.1. The molecule has 0 saturated heterocycles. The van der Waals surface area contributed by atoms with Crippen molar-refractivity contribution in [2.75, 3.05) is 42.2 Å². The van der Waals surface area contributed by atoms with Crippen molar-refractivity contribution in [2.24, 2.45) is 5.16 Å². The van der Waals surface area contributed by atoms with Crippen molar-refractivity contribution in [3.63, 3.8) is 0 Å². The zero-order valence-corrected chi connectivity index (χ0v) is 16.1. The second kappa shape index (κ2) is 9.50. The standard InChI is InChI=1S/C19H23N3O5/c1-23-9-8-12-14(10-20)22-15(11-21-27-5)17(12)13-6-7-16(24-2)19(26-4)18(13)25-3/h6-7,11,22H,8-9H2,1-5H3/b21-11+. The molecule has 2 rings (SSSR count). The van der Waals surface area contributed by atoms with E-state index in [2.05, 4.69) is 16.2 Å². The topological polar surface area (TPSA) is 98.1 Å². The molecule has 0 radical (unpaired) electrons. The molecule has 0 bridgehead atoms. The molecule has 2 aromatic rings. The van der Waals surface area contributed by atoms with Crippen molar-refractivity contribution in [3.05, 3.63) is 29.1 Å². The van der Waals surface area contributed by atoms with E-state index in [0.29, 0.717) is 41.7 Å². The first-order valence-electron chi connectivity index (χ1n) is 8.16. The van der Waals surface area contributed by atoms with Crippen LogP contribution in [0.4, 0.5) is 0 Å². The van der Waals surface area contributed by atoms with Crippen molar-refractivity contribution in [2.45, 2.75) is 6.42 Å². The average Bonchev–Trinajstić information content (AvgIpc) is 3.06. The van der Waals surface area contributed by atoms with Gasteiger partial charge < -0.3 is 28.8 Å². The van der Waals surface area contributed by atoms with Crippen molar-refractivity contribution in [1.82, 2.24) is 4.98 Å². The highest BCUT2D eigenvalue weighted by molar-refractivity contribution is 5.93. The number of methoxy groups -OCH3 is 4. The van der Waals surface area contributed by atoms with Crippen LogP contribution in [-0.2, 0) is 16.0 Å². The number of oxime groups is 1. The molecule has 0 aliphatic heterocycles. The van der Waals surface area contributed by atoms with Gasteiger partial charge in [0.25, 0.3) is 0 Å². The van der Waals surface area contributed by atoms with E-state index in [1.165, 1.54) is 13.3 Å². The molecule has 0 aliphatic carbocycles. The van der Waals surface area contributed by atoms with Gasteiger partial charge in [-0.1, -0.05) is 5.16 Å². The summed E-state index contributed by atoms with van der Waals surface area (Å²) in [6.45, 7) is 0.454. The molecule has 1 N–H and O–H groups in total. The minimum Gasteiger partial charge on any atom is -0.493 e. The molecule has 0 fully saturated rings. The van der Waals surface area contributed by atoms with Gasteiger partial charge in [-0.25, -0.2) is 0 Å². The number of benzene rings is 1. The fraction of sp³-hybridized carbons (Fsp3) is 0.368. The summed E-state index contributed by atoms with van der Waals surface area (Å²) in [7, 11) is 7.72. The van der Waals surface area contributed by atoms with Crippen LogP contribution in [-0.4, -0.2) is 53.4 Å². The van der Waals surface area contributed by atoms with Crippen LogP contribution in [0, 0.1) is 11.3 Å². The van der Waals surface area contributed by atoms with Gasteiger partial charge in [0, 0.05) is 18.2 Å². The molecule has 0 saturated carbocycles. The zero-order chi connectivity index (χ0) is 19.8. The lowest BCUT2D eigenvalue weighted by Gasteiger charge is -2.17. The highest BCUT2D eigenvalue weighted by Gasteiger charge is 2.24. The molecule has 1 aromatic carbocycles. The Labute approximate surface area is 158 Å². The van der Waals surface area contributed by atoms with Gasteiger partial charge in [-0.2, -0.15) is 5.26 Å². The first-order chi connectivity index (χ1) is 13.2. The van der Waals surface area contributed by atoms with E-state index in [4.69, 9.17) is 23.8 Å². The smallest absolute Gasteiger partial charge is 0.203 e. The number of aromatic nitrogens is 1. The van der Waals surface area contributed by atoms with Gasteiger partial charge in [0.2, 0.25) is 5.75 Å². The van der Waals surface area contributed by atoms with Crippen molar-refractivity contribution in [3.8, 4) is 34.4 Å². The second-order valence-corrected chi connectivity index (χ2v) is 5.42. The number of ether oxygens (including phenoxy) is 4. The Morgan fingerprint density at radius 2 is 1.81 bits per heavy atom. The highest BCUT2D eigenvalue weighted by Crippen LogP contribution is 2.46. The van der Waals surface area contributed by atoms with Gasteiger partial charge in [0.1, 0.15) is 18.9 Å². The molecular weight excluding hydrogens is 350 g/mol. The molecule has 0 aliphatic rings. The lowest BCUT2D eigenvalue weighted by Crippen LogP contribution is -2.01. The highest BCUT2D eigenvalue weighted by atomic mass is 16.6. The molecule has 0 spiro atoms. The van der Waals surface area contributed by atoms with Gasteiger partial charge in [-0.15, -0.1) is 0 Å². The van der Waals surface area contributed by atoms with E-state index in [-0.39, 0.29) is 0 Å². The molecule has 0 atom stereocenters. The van der Waals surface area contributed by atoms with Gasteiger partial charge >= 0.3 is 0 Å². The molecule has 27 heavy (non-hydrogen) atoms. The van der Waals surface area contributed by atoms with E-state index >= 15 is 0 Å². The Hall–Kier alpha value is -3.18. The van der Waals surface area contributed by atoms with E-state index in [9.17, 15) is 5.26 Å². The summed E-state index contributed by atoms with van der Waals surface area (Å²) in [4.78, 5) is 7.89. The van der Waals surface area contributed by atoms with E-state index in [1.54, 1.807) is 34.5 Å². The fourth-order valence-corrected chi connectivity index (χ4v) is 2.92. The predicted molar refractivity (Wildman–Crippen MR) is 101 cm³/mol. The van der Waals surface area contributed by atoms with E-state index < -0.39 is 0 Å². The quantitative estimate of drug-likeness (QED) is 0.536. The lowest BCUT2D eigenvalue weighted by atomic mass is 9.97. The van der Waals surface area contributed by atoms with Crippen LogP contribution in [0.1, 0.15) is 17.0 Å². The molecule has 0 unspecified atom stereocenters. The van der Waals surface area contributed by atoms with Gasteiger partial charge in [-0.3, -0.25) is 0 Å². The Morgan fingerprint density at radius 1 is 1.07 bits per heavy atom. The van der Waals surface area contributed by atoms with Crippen molar-refractivity contribution >= 4 is 6.21 Å². The number of nitriles is 1. The maximum atomic E-state index is 9.56. The summed E-state index contributed by atoms with van der Waals surface area (Å²) >= 11 is 0. The third kappa shape index (κ3) is 3.99. The van der Waals surface area contributed by atoms with Crippen LogP contribution in [0.15, 0.2) is 17.3 Å². The molecule has 1 heterocycles. The largest absolute Gasteiger partial charge is 0.493 e. The number of hydrogen-bond donors (Lipinski definition) is 1. The van der Waals surface area contributed by atoms with E-state index in [0.717, 1.165) is 16.7 Å². The van der Waals surface area contributed by atoms with Crippen molar-refractivity contribution in [1.29, 1.82) is 5.26 Å². The zero-order valence-electron chi connectivity index (χ0n) is 16.1. The van der Waals surface area contributed by atoms with Crippen LogP contribution in [0.3, 0.4) is 0 Å². The summed E-state index contributed by atoms with van der Waals surface area (Å²) in [6, 6.07) is 5.83. The molecule has 8 nitrogen and oxygen atoms in total.